The first-order valence-electron chi connectivity index (χ1n) is 3.70. The number of rotatable bonds is 2. The molecule has 1 nitrogen and oxygen atoms in total. The minimum Gasteiger partial charge on any atom is -0.316 e. The maximum absolute atomic E-state index is 5.81. The highest BCUT2D eigenvalue weighted by Crippen LogP contribution is 2.12. The zero-order valence-corrected chi connectivity index (χ0v) is 7.36. The maximum atomic E-state index is 5.81. The van der Waals surface area contributed by atoms with Crippen LogP contribution < -0.4 is 5.32 Å². The number of hydrogen-bond donors (Lipinski definition) is 1. The predicted molar refractivity (Wildman–Crippen MR) is 49.7 cm³/mol. The van der Waals surface area contributed by atoms with Crippen LogP contribution in [0.25, 0.3) is 0 Å². The van der Waals surface area contributed by atoms with Gasteiger partial charge in [-0.15, -0.1) is 0 Å². The van der Waals surface area contributed by atoms with E-state index in [2.05, 4.69) is 11.4 Å². The van der Waals surface area contributed by atoms with Gasteiger partial charge in [0, 0.05) is 11.6 Å². The average molecular weight is 170 g/mol. The van der Waals surface area contributed by atoms with E-state index in [4.69, 9.17) is 11.6 Å². The molecule has 0 aromatic rings. The van der Waals surface area contributed by atoms with Gasteiger partial charge >= 0.3 is 0 Å². The summed E-state index contributed by atoms with van der Waals surface area (Å²) >= 11 is 5.81. The molecule has 60 valence electrons. The topological polar surface area (TPSA) is 12.0 Å². The SMILES string of the molecule is CNCC1=CCC=C(Cl)C=C1. The van der Waals surface area contributed by atoms with E-state index in [1.807, 2.05) is 25.3 Å². The monoisotopic (exact) mass is 169 g/mol. The van der Waals surface area contributed by atoms with Crippen LogP contribution in [0.5, 0.6) is 0 Å². The predicted octanol–water partition coefficient (Wildman–Crippen LogP) is 2.21. The van der Waals surface area contributed by atoms with E-state index in [1.165, 1.54) is 5.57 Å². The van der Waals surface area contributed by atoms with Crippen molar-refractivity contribution in [2.45, 2.75) is 6.42 Å². The Bertz CT molecular complexity index is 214. The van der Waals surface area contributed by atoms with Gasteiger partial charge in [-0.05, 0) is 25.1 Å². The number of halogens is 1. The lowest BCUT2D eigenvalue weighted by Crippen LogP contribution is -2.08. The fraction of sp³-hybridized carbons (Fsp3) is 0.333. The minimum absolute atomic E-state index is 0.826. The molecule has 2 heteroatoms. The molecule has 0 unspecified atom stereocenters. The van der Waals surface area contributed by atoms with Crippen LogP contribution in [0.4, 0.5) is 0 Å². The Hall–Kier alpha value is -0.530. The van der Waals surface area contributed by atoms with Gasteiger partial charge in [-0.3, -0.25) is 0 Å². The molecule has 1 aliphatic rings. The summed E-state index contributed by atoms with van der Waals surface area (Å²) in [7, 11) is 1.94. The van der Waals surface area contributed by atoms with Gasteiger partial charge in [-0.25, -0.2) is 0 Å². The first kappa shape index (κ1) is 8.57. The van der Waals surface area contributed by atoms with Gasteiger partial charge in [0.1, 0.15) is 0 Å². The summed E-state index contributed by atoms with van der Waals surface area (Å²) in [5, 5.41) is 3.92. The molecule has 0 saturated heterocycles. The van der Waals surface area contributed by atoms with E-state index in [9.17, 15) is 0 Å². The van der Waals surface area contributed by atoms with E-state index < -0.39 is 0 Å². The molecule has 1 rings (SSSR count). The molecule has 0 spiro atoms. The number of likely N-dealkylation sites (N-methyl/N-ethyl adjacent to an activating group) is 1. The Balaban J connectivity index is 2.58. The molecule has 0 bridgehead atoms. The molecule has 0 amide bonds. The molecule has 0 aromatic heterocycles. The quantitative estimate of drug-likeness (QED) is 0.669. The van der Waals surface area contributed by atoms with Crippen molar-refractivity contribution >= 4 is 11.6 Å². The smallest absolute Gasteiger partial charge is 0.0369 e. The summed E-state index contributed by atoms with van der Waals surface area (Å²) in [4.78, 5) is 0. The molecule has 1 aliphatic carbocycles. The Labute approximate surface area is 72.4 Å². The van der Waals surface area contributed by atoms with Crippen LogP contribution in [0.2, 0.25) is 0 Å². The zero-order valence-electron chi connectivity index (χ0n) is 6.60. The molecule has 0 fully saturated rings. The van der Waals surface area contributed by atoms with E-state index >= 15 is 0 Å². The summed E-state index contributed by atoms with van der Waals surface area (Å²) in [5.74, 6) is 0. The third-order valence-corrected chi connectivity index (χ3v) is 1.81. The lowest BCUT2D eigenvalue weighted by Gasteiger charge is -1.97. The van der Waals surface area contributed by atoms with Gasteiger partial charge in [0.15, 0.2) is 0 Å². The average Bonchev–Trinajstić information content (AvgIpc) is 2.17. The summed E-state index contributed by atoms with van der Waals surface area (Å²) in [6.07, 6.45) is 9.08. The fourth-order valence-electron chi connectivity index (χ4n) is 0.981. The van der Waals surface area contributed by atoms with Crippen LogP contribution in [0.1, 0.15) is 6.42 Å². The van der Waals surface area contributed by atoms with Crippen molar-refractivity contribution in [3.63, 3.8) is 0 Å². The number of allylic oxidation sites excluding steroid dienone is 4. The zero-order chi connectivity index (χ0) is 8.10. The minimum atomic E-state index is 0.826. The largest absolute Gasteiger partial charge is 0.316 e. The third-order valence-electron chi connectivity index (χ3n) is 1.53. The summed E-state index contributed by atoms with van der Waals surface area (Å²) in [6.45, 7) is 0.911. The first-order chi connectivity index (χ1) is 5.33. The summed E-state index contributed by atoms with van der Waals surface area (Å²) in [6, 6.07) is 0. The van der Waals surface area contributed by atoms with Crippen LogP contribution in [0.3, 0.4) is 0 Å². The normalized spacial score (nSPS) is 17.3. The van der Waals surface area contributed by atoms with Gasteiger partial charge in [0.05, 0.1) is 0 Å². The van der Waals surface area contributed by atoms with Crippen molar-refractivity contribution in [2.75, 3.05) is 13.6 Å². The van der Waals surface area contributed by atoms with Crippen molar-refractivity contribution in [2.24, 2.45) is 0 Å². The Morgan fingerprint density at radius 2 is 2.27 bits per heavy atom. The summed E-state index contributed by atoms with van der Waals surface area (Å²) < 4.78 is 0. The van der Waals surface area contributed by atoms with Crippen molar-refractivity contribution in [1.29, 1.82) is 0 Å². The highest BCUT2D eigenvalue weighted by molar-refractivity contribution is 6.31. The second-order valence-corrected chi connectivity index (χ2v) is 2.90. The van der Waals surface area contributed by atoms with Crippen LogP contribution in [0, 0.1) is 0 Å². The second-order valence-electron chi connectivity index (χ2n) is 2.47. The van der Waals surface area contributed by atoms with Gasteiger partial charge in [-0.2, -0.15) is 0 Å². The van der Waals surface area contributed by atoms with Crippen molar-refractivity contribution in [1.82, 2.24) is 5.32 Å². The van der Waals surface area contributed by atoms with Gasteiger partial charge < -0.3 is 5.32 Å². The van der Waals surface area contributed by atoms with Gasteiger partial charge in [0.2, 0.25) is 0 Å². The van der Waals surface area contributed by atoms with Crippen molar-refractivity contribution in [3.05, 3.63) is 34.9 Å². The Morgan fingerprint density at radius 3 is 3.00 bits per heavy atom. The fourth-order valence-corrected chi connectivity index (χ4v) is 1.13. The molecule has 0 atom stereocenters. The van der Waals surface area contributed by atoms with E-state index in [1.54, 1.807) is 0 Å². The first-order valence-corrected chi connectivity index (χ1v) is 4.08. The third kappa shape index (κ3) is 2.91. The summed E-state index contributed by atoms with van der Waals surface area (Å²) in [5.41, 5.74) is 1.29. The molecule has 0 aromatic carbocycles. The van der Waals surface area contributed by atoms with Crippen molar-refractivity contribution < 1.29 is 0 Å². The standard InChI is InChI=1S/C9H12ClN/c1-11-7-8-3-2-4-9(10)6-5-8/h3-6,11H,2,7H2,1H3. The molecular weight excluding hydrogens is 158 g/mol. The highest BCUT2D eigenvalue weighted by atomic mass is 35.5. The molecule has 0 radical (unpaired) electrons. The van der Waals surface area contributed by atoms with E-state index in [0.29, 0.717) is 0 Å². The van der Waals surface area contributed by atoms with E-state index in [-0.39, 0.29) is 0 Å². The molecule has 0 saturated carbocycles. The van der Waals surface area contributed by atoms with Crippen molar-refractivity contribution in [3.8, 4) is 0 Å². The lowest BCUT2D eigenvalue weighted by atomic mass is 10.2. The van der Waals surface area contributed by atoms with Crippen LogP contribution in [-0.4, -0.2) is 13.6 Å². The van der Waals surface area contributed by atoms with Crippen LogP contribution >= 0.6 is 11.6 Å². The Kier molecular flexibility index (Phi) is 3.40. The van der Waals surface area contributed by atoms with Gasteiger partial charge in [-0.1, -0.05) is 29.8 Å². The molecule has 1 N–H and O–H groups in total. The van der Waals surface area contributed by atoms with Gasteiger partial charge in [0.25, 0.3) is 0 Å². The number of nitrogens with one attached hydrogen (secondary N) is 1. The molecule has 11 heavy (non-hydrogen) atoms. The highest BCUT2D eigenvalue weighted by Gasteiger charge is 1.94. The molecular formula is C9H12ClN. The molecule has 0 heterocycles. The van der Waals surface area contributed by atoms with E-state index in [0.717, 1.165) is 18.0 Å². The van der Waals surface area contributed by atoms with Crippen LogP contribution in [-0.2, 0) is 0 Å². The maximum Gasteiger partial charge on any atom is 0.0369 e. The Morgan fingerprint density at radius 1 is 1.45 bits per heavy atom. The molecule has 0 aliphatic heterocycles. The second kappa shape index (κ2) is 4.37. The van der Waals surface area contributed by atoms with Crippen LogP contribution in [0.15, 0.2) is 34.9 Å². The number of hydrogen-bond acceptors (Lipinski definition) is 1. The lowest BCUT2D eigenvalue weighted by molar-refractivity contribution is 0.892.